The molecule has 51 valence electrons. The molecule has 0 saturated carbocycles. The highest BCUT2D eigenvalue weighted by Gasteiger charge is 1.68. The number of ether oxygens (including phenoxy) is 1. The van der Waals surface area contributed by atoms with Crippen molar-refractivity contribution in [1.82, 2.24) is 0 Å². The fourth-order valence-electron chi connectivity index (χ4n) is 0.406. The Bertz CT molecular complexity index is 92.7. The molecule has 0 aliphatic heterocycles. The van der Waals surface area contributed by atoms with Crippen LogP contribution in [0.1, 0.15) is 13.3 Å². The van der Waals surface area contributed by atoms with Gasteiger partial charge in [-0.15, -0.1) is 0 Å². The van der Waals surface area contributed by atoms with Crippen LogP contribution in [0.25, 0.3) is 0 Å². The zero-order chi connectivity index (χ0) is 6.95. The minimum Gasteiger partial charge on any atom is -0.502 e. The van der Waals surface area contributed by atoms with Crippen LogP contribution in [0.15, 0.2) is 24.5 Å². The van der Waals surface area contributed by atoms with Crippen LogP contribution >= 0.6 is 0 Å². The van der Waals surface area contributed by atoms with Crippen LogP contribution in [0.4, 0.5) is 0 Å². The summed E-state index contributed by atoms with van der Waals surface area (Å²) in [6.07, 6.45) is 8.63. The number of rotatable bonds is 4. The topological polar surface area (TPSA) is 9.23 Å². The van der Waals surface area contributed by atoms with Gasteiger partial charge in [-0.25, -0.2) is 0 Å². The van der Waals surface area contributed by atoms with E-state index in [2.05, 4.69) is 13.0 Å². The number of allylic oxidation sites excluding steroid dienone is 3. The minimum absolute atomic E-state index is 0.506. The van der Waals surface area contributed by atoms with Crippen molar-refractivity contribution in [2.75, 3.05) is 6.61 Å². The Labute approximate surface area is 57.0 Å². The molecule has 0 aliphatic rings. The molecule has 0 aromatic heterocycles. The average molecular weight is 125 g/mol. The van der Waals surface area contributed by atoms with E-state index in [1.807, 2.05) is 19.1 Å². The molecule has 0 amide bonds. The first-order chi connectivity index (χ1) is 4.41. The highest BCUT2D eigenvalue weighted by Crippen LogP contribution is 1.85. The predicted molar refractivity (Wildman–Crippen MR) is 39.9 cm³/mol. The van der Waals surface area contributed by atoms with Crippen LogP contribution in [0.5, 0.6) is 0 Å². The van der Waals surface area contributed by atoms with E-state index in [1.165, 1.54) is 0 Å². The van der Waals surface area contributed by atoms with E-state index in [4.69, 9.17) is 4.74 Å². The second-order valence-corrected chi connectivity index (χ2v) is 1.55. The van der Waals surface area contributed by atoms with E-state index in [1.54, 1.807) is 6.26 Å². The van der Waals surface area contributed by atoms with E-state index < -0.39 is 0 Å². The van der Waals surface area contributed by atoms with Crippen molar-refractivity contribution in [3.63, 3.8) is 0 Å². The summed E-state index contributed by atoms with van der Waals surface area (Å²) in [7, 11) is 0. The van der Waals surface area contributed by atoms with Gasteiger partial charge in [0.1, 0.15) is 0 Å². The Morgan fingerprint density at radius 1 is 1.44 bits per heavy atom. The maximum Gasteiger partial charge on any atom is 0.0874 e. The monoisotopic (exact) mass is 125 g/mol. The summed E-state index contributed by atoms with van der Waals surface area (Å²) in [5.74, 6) is 0. The SMILES string of the molecule is [CH2]COC=CCC=CC. The average Bonchev–Trinajstić information content (AvgIpc) is 1.89. The van der Waals surface area contributed by atoms with Crippen molar-refractivity contribution >= 4 is 0 Å². The molecule has 0 unspecified atom stereocenters. The Hall–Kier alpha value is -0.720. The van der Waals surface area contributed by atoms with Gasteiger partial charge in [-0.1, -0.05) is 12.2 Å². The molecule has 0 aromatic rings. The third-order valence-electron chi connectivity index (χ3n) is 0.818. The largest absolute Gasteiger partial charge is 0.502 e. The molecule has 0 rings (SSSR count). The normalized spacial score (nSPS) is 11.3. The van der Waals surface area contributed by atoms with Gasteiger partial charge in [0.25, 0.3) is 0 Å². The molecule has 0 N–H and O–H groups in total. The fourth-order valence-corrected chi connectivity index (χ4v) is 0.406. The van der Waals surface area contributed by atoms with Crippen LogP contribution in [0.2, 0.25) is 0 Å². The Balaban J connectivity index is 3.04. The van der Waals surface area contributed by atoms with Crippen LogP contribution in [-0.2, 0) is 4.74 Å². The molecule has 0 heterocycles. The smallest absolute Gasteiger partial charge is 0.0874 e. The maximum atomic E-state index is 4.85. The predicted octanol–water partition coefficient (Wildman–Crippen LogP) is 2.32. The number of hydrogen-bond donors (Lipinski definition) is 0. The maximum absolute atomic E-state index is 4.85. The van der Waals surface area contributed by atoms with Gasteiger partial charge in [0, 0.05) is 0 Å². The third kappa shape index (κ3) is 7.28. The molecule has 0 spiro atoms. The fraction of sp³-hybridized carbons (Fsp3) is 0.375. The van der Waals surface area contributed by atoms with E-state index in [0.717, 1.165) is 6.42 Å². The van der Waals surface area contributed by atoms with E-state index in [-0.39, 0.29) is 0 Å². The summed E-state index contributed by atoms with van der Waals surface area (Å²) in [4.78, 5) is 0. The molecule has 1 nitrogen and oxygen atoms in total. The van der Waals surface area contributed by atoms with Crippen LogP contribution in [0.3, 0.4) is 0 Å². The lowest BCUT2D eigenvalue weighted by Gasteiger charge is -1.88. The molecular weight excluding hydrogens is 112 g/mol. The lowest BCUT2D eigenvalue weighted by Crippen LogP contribution is -1.75. The van der Waals surface area contributed by atoms with Gasteiger partial charge in [-0.05, 0) is 26.3 Å². The lowest BCUT2D eigenvalue weighted by molar-refractivity contribution is 0.287. The molecule has 0 bridgehead atoms. The summed E-state index contributed by atoms with van der Waals surface area (Å²) < 4.78 is 4.85. The Kier molecular flexibility index (Phi) is 6.70. The summed E-state index contributed by atoms with van der Waals surface area (Å²) in [6.45, 7) is 6.01. The first kappa shape index (κ1) is 8.28. The van der Waals surface area contributed by atoms with Crippen molar-refractivity contribution in [3.05, 3.63) is 31.4 Å². The zero-order valence-electron chi connectivity index (χ0n) is 5.84. The zero-order valence-corrected chi connectivity index (χ0v) is 5.84. The van der Waals surface area contributed by atoms with Gasteiger partial charge in [-0.3, -0.25) is 0 Å². The van der Waals surface area contributed by atoms with Crippen molar-refractivity contribution in [2.45, 2.75) is 13.3 Å². The van der Waals surface area contributed by atoms with Gasteiger partial charge in [-0.2, -0.15) is 0 Å². The molecule has 1 heteroatoms. The van der Waals surface area contributed by atoms with Gasteiger partial charge >= 0.3 is 0 Å². The quantitative estimate of drug-likeness (QED) is 0.414. The molecule has 0 aromatic carbocycles. The van der Waals surface area contributed by atoms with Crippen LogP contribution < -0.4 is 0 Å². The molecule has 9 heavy (non-hydrogen) atoms. The summed E-state index contributed by atoms with van der Waals surface area (Å²) >= 11 is 0. The number of hydrogen-bond acceptors (Lipinski definition) is 1. The van der Waals surface area contributed by atoms with Gasteiger partial charge < -0.3 is 4.74 Å². The van der Waals surface area contributed by atoms with Gasteiger partial charge in [0.05, 0.1) is 12.9 Å². The lowest BCUT2D eigenvalue weighted by atomic mass is 10.4. The molecule has 0 saturated heterocycles. The first-order valence-corrected chi connectivity index (χ1v) is 3.08. The summed E-state index contributed by atoms with van der Waals surface area (Å²) in [6, 6.07) is 0. The molecule has 0 fully saturated rings. The standard InChI is InChI=1S/C8H13O/c1-3-5-6-7-8-9-4-2/h3,5,7-8H,2,4,6H2,1H3. The van der Waals surface area contributed by atoms with Crippen molar-refractivity contribution in [2.24, 2.45) is 0 Å². The van der Waals surface area contributed by atoms with Crippen LogP contribution in [-0.4, -0.2) is 6.61 Å². The van der Waals surface area contributed by atoms with E-state index >= 15 is 0 Å². The second kappa shape index (κ2) is 7.28. The molecular formula is C8H13O. The van der Waals surface area contributed by atoms with E-state index in [9.17, 15) is 0 Å². The summed E-state index contributed by atoms with van der Waals surface area (Å²) in [5, 5.41) is 0. The van der Waals surface area contributed by atoms with E-state index in [0.29, 0.717) is 6.61 Å². The minimum atomic E-state index is 0.506. The van der Waals surface area contributed by atoms with Crippen LogP contribution in [0, 0.1) is 6.92 Å². The Morgan fingerprint density at radius 2 is 2.22 bits per heavy atom. The molecule has 1 radical (unpaired) electrons. The highest BCUT2D eigenvalue weighted by molar-refractivity contribution is 4.87. The third-order valence-corrected chi connectivity index (χ3v) is 0.818. The summed E-state index contributed by atoms with van der Waals surface area (Å²) in [5.41, 5.74) is 0. The molecule has 0 atom stereocenters. The van der Waals surface area contributed by atoms with Crippen molar-refractivity contribution < 1.29 is 4.74 Å². The Morgan fingerprint density at radius 3 is 2.78 bits per heavy atom. The van der Waals surface area contributed by atoms with Gasteiger partial charge in [0.15, 0.2) is 0 Å². The molecule has 0 aliphatic carbocycles. The second-order valence-electron chi connectivity index (χ2n) is 1.55. The van der Waals surface area contributed by atoms with Crippen molar-refractivity contribution in [3.8, 4) is 0 Å². The van der Waals surface area contributed by atoms with Crippen molar-refractivity contribution in [1.29, 1.82) is 0 Å². The first-order valence-electron chi connectivity index (χ1n) is 3.08. The highest BCUT2D eigenvalue weighted by atomic mass is 16.5. The van der Waals surface area contributed by atoms with Gasteiger partial charge in [0.2, 0.25) is 0 Å².